The van der Waals surface area contributed by atoms with Crippen molar-refractivity contribution in [2.75, 3.05) is 40.5 Å². The maximum Gasteiger partial charge on any atom is 0.191 e. The van der Waals surface area contributed by atoms with Crippen LogP contribution in [0.2, 0.25) is 0 Å². The van der Waals surface area contributed by atoms with Crippen LogP contribution < -0.4 is 15.4 Å². The van der Waals surface area contributed by atoms with Gasteiger partial charge >= 0.3 is 0 Å². The number of hydrogen-bond acceptors (Lipinski definition) is 4. The Morgan fingerprint density at radius 3 is 2.60 bits per heavy atom. The van der Waals surface area contributed by atoms with E-state index in [0.717, 1.165) is 23.8 Å². The van der Waals surface area contributed by atoms with E-state index in [1.165, 1.54) is 0 Å². The smallest absolute Gasteiger partial charge is 0.191 e. The normalized spacial score (nSPS) is 11.6. The van der Waals surface area contributed by atoms with Gasteiger partial charge in [0.1, 0.15) is 5.75 Å². The van der Waals surface area contributed by atoms with Crippen LogP contribution in [0.4, 0.5) is 0 Å². The summed E-state index contributed by atoms with van der Waals surface area (Å²) in [5.41, 5.74) is 0.822. The quantitative estimate of drug-likeness (QED) is 0.241. The van der Waals surface area contributed by atoms with Gasteiger partial charge in [0, 0.05) is 20.2 Å². The van der Waals surface area contributed by atoms with Gasteiger partial charge in [-0.1, -0.05) is 12.1 Å². The Labute approximate surface area is 168 Å². The molecule has 0 aromatic heterocycles. The lowest BCUT2D eigenvalue weighted by atomic mass is 10.1. The highest BCUT2D eigenvalue weighted by atomic mass is 127. The molecule has 1 aromatic carbocycles. The van der Waals surface area contributed by atoms with E-state index in [1.807, 2.05) is 45.0 Å². The summed E-state index contributed by atoms with van der Waals surface area (Å²) in [4.78, 5) is 4.53. The maximum absolute atomic E-state index is 5.69. The summed E-state index contributed by atoms with van der Waals surface area (Å²) < 4.78 is 16.3. The van der Waals surface area contributed by atoms with Crippen LogP contribution in [0.15, 0.2) is 29.3 Å². The van der Waals surface area contributed by atoms with E-state index in [1.54, 1.807) is 14.2 Å². The van der Waals surface area contributed by atoms with Crippen molar-refractivity contribution in [2.45, 2.75) is 33.0 Å². The predicted molar refractivity (Wildman–Crippen MR) is 113 cm³/mol. The molecule has 0 radical (unpaired) electrons. The summed E-state index contributed by atoms with van der Waals surface area (Å²) in [5.74, 6) is 1.61. The molecule has 0 unspecified atom stereocenters. The van der Waals surface area contributed by atoms with E-state index in [0.29, 0.717) is 26.3 Å². The molecule has 0 bridgehead atoms. The van der Waals surface area contributed by atoms with E-state index in [9.17, 15) is 0 Å². The largest absolute Gasteiger partial charge is 0.497 e. The molecule has 1 aromatic rings. The average molecular weight is 465 g/mol. The van der Waals surface area contributed by atoms with Crippen molar-refractivity contribution < 1.29 is 14.2 Å². The minimum Gasteiger partial charge on any atom is -0.497 e. The van der Waals surface area contributed by atoms with Gasteiger partial charge in [0.15, 0.2) is 5.96 Å². The van der Waals surface area contributed by atoms with Gasteiger partial charge in [-0.15, -0.1) is 24.0 Å². The van der Waals surface area contributed by atoms with Gasteiger partial charge in [0.25, 0.3) is 0 Å². The molecule has 7 heteroatoms. The molecule has 0 fully saturated rings. The molecule has 144 valence electrons. The number of methoxy groups -OCH3 is 2. The Bertz CT molecular complexity index is 510. The minimum atomic E-state index is -0.273. The van der Waals surface area contributed by atoms with Crippen LogP contribution in [0, 0.1) is 0 Å². The number of aliphatic imine (C=N–C) groups is 1. The Morgan fingerprint density at radius 1 is 1.20 bits per heavy atom. The minimum absolute atomic E-state index is 0. The van der Waals surface area contributed by atoms with Crippen molar-refractivity contribution in [3.63, 3.8) is 0 Å². The first kappa shape index (κ1) is 23.9. The Kier molecular flexibility index (Phi) is 12.6. The van der Waals surface area contributed by atoms with Crippen LogP contribution in [0.5, 0.6) is 5.75 Å². The maximum atomic E-state index is 5.69. The Hall–Kier alpha value is -1.06. The number of guanidine groups is 1. The molecule has 6 nitrogen and oxygen atoms in total. The van der Waals surface area contributed by atoms with Gasteiger partial charge < -0.3 is 24.8 Å². The fourth-order valence-corrected chi connectivity index (χ4v) is 1.87. The molecule has 1 rings (SSSR count). The first-order valence-electron chi connectivity index (χ1n) is 8.28. The van der Waals surface area contributed by atoms with Crippen LogP contribution in [-0.4, -0.2) is 52.0 Å². The summed E-state index contributed by atoms with van der Waals surface area (Å²) in [6.45, 7) is 9.29. The number of benzene rings is 1. The highest BCUT2D eigenvalue weighted by Crippen LogP contribution is 2.13. The van der Waals surface area contributed by atoms with Crippen LogP contribution in [0.1, 0.15) is 26.3 Å². The standard InChI is InChI=1S/C18H31N3O3.HI/c1-6-19-17(21-14-18(2,3)23-5)20-10-11-24-13-15-8-7-9-16(12-15)22-4;/h7-9,12H,6,10-11,13-14H2,1-5H3,(H2,19,20,21);1H. The topological polar surface area (TPSA) is 64.1 Å². The number of ether oxygens (including phenoxy) is 3. The summed E-state index contributed by atoms with van der Waals surface area (Å²) in [6, 6.07) is 7.88. The SMILES string of the molecule is CCNC(=NCC(C)(C)OC)NCCOCc1cccc(OC)c1.I. The molecule has 2 N–H and O–H groups in total. The van der Waals surface area contributed by atoms with Gasteiger partial charge in [-0.3, -0.25) is 4.99 Å². The fraction of sp³-hybridized carbons (Fsp3) is 0.611. The summed E-state index contributed by atoms with van der Waals surface area (Å²) in [7, 11) is 3.36. The molecule has 0 spiro atoms. The molecule has 0 amide bonds. The van der Waals surface area contributed by atoms with Gasteiger partial charge in [0.05, 0.1) is 32.5 Å². The lowest BCUT2D eigenvalue weighted by Crippen LogP contribution is -2.40. The molecule has 0 saturated heterocycles. The third-order valence-electron chi connectivity index (χ3n) is 3.46. The van der Waals surface area contributed by atoms with E-state index in [4.69, 9.17) is 14.2 Å². The van der Waals surface area contributed by atoms with E-state index in [-0.39, 0.29) is 29.6 Å². The Morgan fingerprint density at radius 2 is 1.96 bits per heavy atom. The van der Waals surface area contributed by atoms with Gasteiger partial charge in [-0.2, -0.15) is 0 Å². The second-order valence-corrected chi connectivity index (χ2v) is 5.99. The zero-order chi connectivity index (χ0) is 17.8. The highest BCUT2D eigenvalue weighted by Gasteiger charge is 2.15. The number of hydrogen-bond donors (Lipinski definition) is 2. The summed E-state index contributed by atoms with van der Waals surface area (Å²) in [6.07, 6.45) is 0. The lowest BCUT2D eigenvalue weighted by molar-refractivity contribution is 0.0310. The number of nitrogens with zero attached hydrogens (tertiary/aromatic N) is 1. The molecular weight excluding hydrogens is 433 g/mol. The molecule has 0 aliphatic carbocycles. The highest BCUT2D eigenvalue weighted by molar-refractivity contribution is 14.0. The summed E-state index contributed by atoms with van der Waals surface area (Å²) in [5, 5.41) is 6.47. The van der Waals surface area contributed by atoms with Crippen molar-refractivity contribution in [1.82, 2.24) is 10.6 Å². The first-order chi connectivity index (χ1) is 11.5. The van der Waals surface area contributed by atoms with Crippen molar-refractivity contribution in [3.8, 4) is 5.75 Å². The zero-order valence-electron chi connectivity index (χ0n) is 15.9. The second kappa shape index (κ2) is 13.2. The van der Waals surface area contributed by atoms with Crippen LogP contribution in [-0.2, 0) is 16.1 Å². The van der Waals surface area contributed by atoms with Crippen molar-refractivity contribution in [2.24, 2.45) is 4.99 Å². The first-order valence-corrected chi connectivity index (χ1v) is 8.28. The molecular formula is C18H32IN3O3. The molecule has 0 saturated carbocycles. The lowest BCUT2D eigenvalue weighted by Gasteiger charge is -2.21. The monoisotopic (exact) mass is 465 g/mol. The van der Waals surface area contributed by atoms with E-state index in [2.05, 4.69) is 15.6 Å². The predicted octanol–water partition coefficient (Wildman–Crippen LogP) is 2.81. The number of rotatable bonds is 10. The van der Waals surface area contributed by atoms with Crippen LogP contribution in [0.3, 0.4) is 0 Å². The molecule has 0 heterocycles. The van der Waals surface area contributed by atoms with Gasteiger partial charge in [-0.25, -0.2) is 0 Å². The van der Waals surface area contributed by atoms with Gasteiger partial charge in [-0.05, 0) is 38.5 Å². The zero-order valence-corrected chi connectivity index (χ0v) is 18.3. The van der Waals surface area contributed by atoms with E-state index >= 15 is 0 Å². The third-order valence-corrected chi connectivity index (χ3v) is 3.46. The molecule has 0 atom stereocenters. The second-order valence-electron chi connectivity index (χ2n) is 5.99. The molecule has 25 heavy (non-hydrogen) atoms. The molecule has 0 aliphatic rings. The number of halogens is 1. The van der Waals surface area contributed by atoms with Crippen molar-refractivity contribution in [1.29, 1.82) is 0 Å². The number of nitrogens with one attached hydrogen (secondary N) is 2. The Balaban J connectivity index is 0.00000576. The third kappa shape index (κ3) is 10.5. The van der Waals surface area contributed by atoms with Crippen LogP contribution in [0.25, 0.3) is 0 Å². The van der Waals surface area contributed by atoms with E-state index < -0.39 is 0 Å². The van der Waals surface area contributed by atoms with Gasteiger partial charge in [0.2, 0.25) is 0 Å². The van der Waals surface area contributed by atoms with Crippen LogP contribution >= 0.6 is 24.0 Å². The fourth-order valence-electron chi connectivity index (χ4n) is 1.87. The van der Waals surface area contributed by atoms with Crippen molar-refractivity contribution in [3.05, 3.63) is 29.8 Å². The van der Waals surface area contributed by atoms with Crippen molar-refractivity contribution >= 4 is 29.9 Å². The molecule has 0 aliphatic heterocycles. The average Bonchev–Trinajstić information content (AvgIpc) is 2.59. The summed E-state index contributed by atoms with van der Waals surface area (Å²) >= 11 is 0.